The van der Waals surface area contributed by atoms with Crippen LogP contribution in [0.3, 0.4) is 0 Å². The van der Waals surface area contributed by atoms with Gasteiger partial charge in [0.05, 0.1) is 23.0 Å². The predicted octanol–water partition coefficient (Wildman–Crippen LogP) is 0.160. The van der Waals surface area contributed by atoms with Crippen LogP contribution >= 0.6 is 0 Å². The van der Waals surface area contributed by atoms with Crippen LogP contribution in [0.15, 0.2) is 30.0 Å². The molecule has 2 N–H and O–H groups in total. The molecule has 0 bridgehead atoms. The number of hydrogen-bond acceptors (Lipinski definition) is 8. The molecule has 2 rings (SSSR count). The normalized spacial score (nSPS) is 14.0. The fraction of sp³-hybridized carbons (Fsp3) is 0.167. The molecule has 0 unspecified atom stereocenters. The van der Waals surface area contributed by atoms with Crippen molar-refractivity contribution in [2.75, 3.05) is 18.5 Å². The number of rotatable bonds is 6. The molecule has 0 atom stereocenters. The minimum absolute atomic E-state index is 0.0422. The number of hydrogen-bond donors (Lipinski definition) is 2. The summed E-state index contributed by atoms with van der Waals surface area (Å²) in [5.41, 5.74) is -1.54. The number of imide groups is 1. The fourth-order valence-corrected chi connectivity index (χ4v) is 1.97. The third-order valence-corrected chi connectivity index (χ3v) is 2.98. The van der Waals surface area contributed by atoms with Gasteiger partial charge in [-0.05, 0) is 6.07 Å². The summed E-state index contributed by atoms with van der Waals surface area (Å²) in [7, 11) is 0. The molecule has 1 aromatic carbocycles. The van der Waals surface area contributed by atoms with E-state index < -0.39 is 39.6 Å². The van der Waals surface area contributed by atoms with Crippen LogP contribution in [0.4, 0.5) is 17.1 Å². The van der Waals surface area contributed by atoms with Crippen molar-refractivity contribution in [3.63, 3.8) is 0 Å². The first kappa shape index (κ1) is 16.0. The number of benzene rings is 1. The average Bonchev–Trinajstić information content (AvgIpc) is 2.75. The summed E-state index contributed by atoms with van der Waals surface area (Å²) in [6.07, 6.45) is 0.977. The molecule has 1 aromatic rings. The molecular formula is C12H10N4O7. The van der Waals surface area contributed by atoms with Crippen molar-refractivity contribution in [2.45, 2.75) is 0 Å². The van der Waals surface area contributed by atoms with Crippen molar-refractivity contribution in [2.24, 2.45) is 0 Å². The number of anilines is 1. The van der Waals surface area contributed by atoms with Crippen molar-refractivity contribution < 1.29 is 24.5 Å². The second kappa shape index (κ2) is 6.19. The number of β-amino-alcohol motifs (C(OH)–C–C–N with tert-alkyl or cyclic N) is 1. The lowest BCUT2D eigenvalue weighted by atomic mass is 10.2. The van der Waals surface area contributed by atoms with Gasteiger partial charge in [-0.15, -0.1) is 0 Å². The van der Waals surface area contributed by atoms with Gasteiger partial charge < -0.3 is 10.4 Å². The Hall–Kier alpha value is -3.34. The van der Waals surface area contributed by atoms with Gasteiger partial charge in [0, 0.05) is 23.9 Å². The first-order chi connectivity index (χ1) is 10.8. The van der Waals surface area contributed by atoms with Crippen LogP contribution < -0.4 is 5.32 Å². The summed E-state index contributed by atoms with van der Waals surface area (Å²) in [5, 5.41) is 32.9. The highest BCUT2D eigenvalue weighted by Gasteiger charge is 2.31. The van der Waals surface area contributed by atoms with Gasteiger partial charge in [0.1, 0.15) is 5.70 Å². The van der Waals surface area contributed by atoms with Gasteiger partial charge in [0.2, 0.25) is 0 Å². The van der Waals surface area contributed by atoms with Gasteiger partial charge in [-0.25, -0.2) is 0 Å². The molecule has 23 heavy (non-hydrogen) atoms. The van der Waals surface area contributed by atoms with E-state index in [9.17, 15) is 29.8 Å². The average molecular weight is 322 g/mol. The van der Waals surface area contributed by atoms with Crippen LogP contribution in [0.5, 0.6) is 0 Å². The Morgan fingerprint density at radius 2 is 1.78 bits per heavy atom. The van der Waals surface area contributed by atoms with Crippen molar-refractivity contribution in [3.8, 4) is 0 Å². The van der Waals surface area contributed by atoms with Crippen LogP contribution in [-0.4, -0.2) is 44.8 Å². The van der Waals surface area contributed by atoms with E-state index >= 15 is 0 Å². The van der Waals surface area contributed by atoms with E-state index in [0.29, 0.717) is 0 Å². The Morgan fingerprint density at radius 3 is 2.35 bits per heavy atom. The molecule has 1 aliphatic rings. The number of carbonyl (C=O) groups is 2. The van der Waals surface area contributed by atoms with Crippen LogP contribution in [0.25, 0.3) is 0 Å². The smallest absolute Gasteiger partial charge is 0.348 e. The quantitative estimate of drug-likeness (QED) is 0.426. The van der Waals surface area contributed by atoms with Gasteiger partial charge in [0.15, 0.2) is 0 Å². The molecule has 0 spiro atoms. The zero-order chi connectivity index (χ0) is 17.1. The molecule has 11 nitrogen and oxygen atoms in total. The molecule has 1 heterocycles. The van der Waals surface area contributed by atoms with E-state index in [0.717, 1.165) is 23.1 Å². The summed E-state index contributed by atoms with van der Waals surface area (Å²) in [6.45, 7) is -0.582. The van der Waals surface area contributed by atoms with E-state index in [1.165, 1.54) is 6.07 Å². The van der Waals surface area contributed by atoms with Gasteiger partial charge in [-0.2, -0.15) is 0 Å². The minimum Gasteiger partial charge on any atom is -0.395 e. The largest absolute Gasteiger partial charge is 0.395 e. The van der Waals surface area contributed by atoms with Gasteiger partial charge in [0.25, 0.3) is 11.8 Å². The van der Waals surface area contributed by atoms with Crippen LogP contribution in [0.2, 0.25) is 0 Å². The highest BCUT2D eigenvalue weighted by molar-refractivity contribution is 6.17. The Bertz CT molecular complexity index is 743. The topological polar surface area (TPSA) is 156 Å². The number of nitrogens with one attached hydrogen (secondary N) is 1. The Labute approximate surface area is 128 Å². The Kier molecular flexibility index (Phi) is 4.32. The molecule has 0 saturated heterocycles. The highest BCUT2D eigenvalue weighted by atomic mass is 16.6. The predicted molar refractivity (Wildman–Crippen MR) is 75.3 cm³/mol. The Balaban J connectivity index is 2.28. The number of nitrogens with zero attached hydrogens (tertiary/aromatic N) is 3. The number of aliphatic hydroxyl groups is 1. The molecule has 11 heteroatoms. The molecule has 120 valence electrons. The van der Waals surface area contributed by atoms with Crippen molar-refractivity contribution >= 4 is 28.9 Å². The number of carbonyl (C=O) groups excluding carboxylic acids is 2. The summed E-state index contributed by atoms with van der Waals surface area (Å²) < 4.78 is 0. The molecule has 0 radical (unpaired) electrons. The van der Waals surface area contributed by atoms with E-state index in [2.05, 4.69) is 5.32 Å². The molecule has 0 saturated carbocycles. The number of amides is 2. The second-order valence-electron chi connectivity index (χ2n) is 4.42. The fourth-order valence-electron chi connectivity index (χ4n) is 1.97. The maximum Gasteiger partial charge on any atom is 0.348 e. The monoisotopic (exact) mass is 322 g/mol. The lowest BCUT2D eigenvalue weighted by Gasteiger charge is -2.13. The zero-order valence-electron chi connectivity index (χ0n) is 11.5. The highest BCUT2D eigenvalue weighted by Crippen LogP contribution is 2.30. The number of nitro benzene ring substituents is 2. The number of nitro groups is 2. The van der Waals surface area contributed by atoms with Gasteiger partial charge in [-0.1, -0.05) is 0 Å². The minimum atomic E-state index is -0.919. The molecule has 2 amide bonds. The van der Waals surface area contributed by atoms with Crippen LogP contribution in [-0.2, 0) is 9.59 Å². The lowest BCUT2D eigenvalue weighted by molar-refractivity contribution is -0.422. The molecular weight excluding hydrogens is 312 g/mol. The molecule has 0 aromatic heterocycles. The summed E-state index contributed by atoms with van der Waals surface area (Å²) in [6, 6.07) is 3.00. The maximum absolute atomic E-state index is 11.9. The first-order valence-corrected chi connectivity index (χ1v) is 6.23. The summed E-state index contributed by atoms with van der Waals surface area (Å²) >= 11 is 0. The lowest BCUT2D eigenvalue weighted by Crippen LogP contribution is -2.34. The molecule has 1 aliphatic heterocycles. The standard InChI is InChI=1S/C12H10N4O7/c17-4-3-14-11(18)6-8(12(14)19)13-7-1-2-9(15(20)21)10(5-7)16(22)23/h1-2,5-6,13,17H,3-4H2. The van der Waals surface area contributed by atoms with Gasteiger partial charge >= 0.3 is 11.4 Å². The van der Waals surface area contributed by atoms with Crippen LogP contribution in [0, 0.1) is 20.2 Å². The van der Waals surface area contributed by atoms with E-state index in [-0.39, 0.29) is 17.9 Å². The summed E-state index contributed by atoms with van der Waals surface area (Å²) in [4.78, 5) is 44.1. The van der Waals surface area contributed by atoms with E-state index in [1.807, 2.05) is 0 Å². The molecule has 0 fully saturated rings. The van der Waals surface area contributed by atoms with Crippen molar-refractivity contribution in [1.82, 2.24) is 4.90 Å². The van der Waals surface area contributed by atoms with Crippen molar-refractivity contribution in [1.29, 1.82) is 0 Å². The number of aliphatic hydroxyl groups excluding tert-OH is 1. The maximum atomic E-state index is 11.9. The van der Waals surface area contributed by atoms with E-state index in [4.69, 9.17) is 5.11 Å². The Morgan fingerprint density at radius 1 is 1.13 bits per heavy atom. The summed E-state index contributed by atoms with van der Waals surface area (Å²) in [5.74, 6) is -1.34. The molecule has 0 aliphatic carbocycles. The third-order valence-electron chi connectivity index (χ3n) is 2.98. The van der Waals surface area contributed by atoms with E-state index in [1.54, 1.807) is 0 Å². The second-order valence-corrected chi connectivity index (χ2v) is 4.42. The first-order valence-electron chi connectivity index (χ1n) is 6.23. The van der Waals surface area contributed by atoms with Crippen molar-refractivity contribution in [3.05, 3.63) is 50.2 Å². The van der Waals surface area contributed by atoms with Gasteiger partial charge in [-0.3, -0.25) is 34.7 Å². The zero-order valence-corrected chi connectivity index (χ0v) is 11.5. The van der Waals surface area contributed by atoms with Crippen LogP contribution in [0.1, 0.15) is 0 Å². The third kappa shape index (κ3) is 3.13. The SMILES string of the molecule is O=C1C=C(Nc2ccc([N+](=O)[O-])c([N+](=O)[O-])c2)C(=O)N1CCO.